The van der Waals surface area contributed by atoms with Crippen molar-refractivity contribution in [2.24, 2.45) is 11.5 Å². The van der Waals surface area contributed by atoms with Gasteiger partial charge in [0.1, 0.15) is 5.70 Å². The molecule has 0 aliphatic heterocycles. The largest absolute Gasteiger partial charge is 0.388 e. The molecule has 0 aromatic carbocycles. The number of amides is 1. The van der Waals surface area contributed by atoms with Crippen LogP contribution >= 0.6 is 0 Å². The first kappa shape index (κ1) is 6.79. The molecule has 0 spiro atoms. The van der Waals surface area contributed by atoms with E-state index in [9.17, 15) is 4.79 Å². The topological polar surface area (TPSA) is 69.1 Å². The third-order valence-electron chi connectivity index (χ3n) is 0.565. The summed E-state index contributed by atoms with van der Waals surface area (Å²) in [6.45, 7) is 1.70. The van der Waals surface area contributed by atoms with Crippen LogP contribution in [-0.4, -0.2) is 5.91 Å². The molecular weight excluding hydrogens is 104 g/mol. The van der Waals surface area contributed by atoms with Crippen molar-refractivity contribution in [1.82, 2.24) is 0 Å². The fraction of sp³-hybridized carbons (Fsp3) is 0.200. The Morgan fingerprint density at radius 1 is 1.62 bits per heavy atom. The summed E-state index contributed by atoms with van der Waals surface area (Å²) >= 11 is 0. The number of hydrogen-bond donors (Lipinski definition) is 2. The summed E-state index contributed by atoms with van der Waals surface area (Å²) < 4.78 is 0. The molecule has 0 fully saturated rings. The lowest BCUT2D eigenvalue weighted by Crippen LogP contribution is -2.18. The van der Waals surface area contributed by atoms with Gasteiger partial charge in [0.15, 0.2) is 0 Å². The van der Waals surface area contributed by atoms with Crippen LogP contribution in [0.2, 0.25) is 0 Å². The molecule has 0 atom stereocenters. The lowest BCUT2D eigenvalue weighted by Gasteiger charge is -1.83. The molecule has 3 heteroatoms. The number of hydrogen-bond acceptors (Lipinski definition) is 2. The van der Waals surface area contributed by atoms with Gasteiger partial charge in [-0.25, -0.2) is 0 Å². The molecule has 8 heavy (non-hydrogen) atoms. The highest BCUT2D eigenvalue weighted by molar-refractivity contribution is 5.90. The number of carbonyl (C=O) groups excluding carboxylic acids is 1. The zero-order valence-corrected chi connectivity index (χ0v) is 4.64. The van der Waals surface area contributed by atoms with E-state index in [0.717, 1.165) is 0 Å². The van der Waals surface area contributed by atoms with Crippen LogP contribution in [0.15, 0.2) is 17.5 Å². The van der Waals surface area contributed by atoms with Crippen molar-refractivity contribution in [2.75, 3.05) is 0 Å². The van der Waals surface area contributed by atoms with Gasteiger partial charge < -0.3 is 11.5 Å². The maximum atomic E-state index is 10.1. The molecule has 0 aliphatic rings. The lowest BCUT2D eigenvalue weighted by molar-refractivity contribution is -0.114. The number of primary amides is 1. The second-order valence-corrected chi connectivity index (χ2v) is 1.21. The third kappa shape index (κ3) is 2.05. The van der Waals surface area contributed by atoms with Gasteiger partial charge in [0.2, 0.25) is 0 Å². The van der Waals surface area contributed by atoms with E-state index in [1.165, 1.54) is 6.08 Å². The summed E-state index contributed by atoms with van der Waals surface area (Å²) in [5.41, 5.74) is 12.2. The Balaban J connectivity index is 4.24. The van der Waals surface area contributed by atoms with Gasteiger partial charge in [-0.05, 0) is 13.0 Å². The molecule has 0 saturated heterocycles. The van der Waals surface area contributed by atoms with E-state index in [1.807, 2.05) is 0 Å². The van der Waals surface area contributed by atoms with Crippen molar-refractivity contribution in [1.29, 1.82) is 0 Å². The van der Waals surface area contributed by atoms with Crippen molar-refractivity contribution in [3.63, 3.8) is 0 Å². The maximum absolute atomic E-state index is 10.1. The minimum absolute atomic E-state index is 0.0347. The smallest absolute Gasteiger partial charge is 0.272 e. The van der Waals surface area contributed by atoms with Gasteiger partial charge >= 0.3 is 0 Å². The second-order valence-electron chi connectivity index (χ2n) is 1.21. The van der Waals surface area contributed by atoms with Crippen molar-refractivity contribution in [3.8, 4) is 0 Å². The van der Waals surface area contributed by atoms with Gasteiger partial charge in [-0.3, -0.25) is 4.79 Å². The standard InChI is InChI=1S/C5H8N2O/c1-2-3-4(6)5(7)8/h2H,6H2,1H3,(H2,7,8). The number of rotatable bonds is 1. The zero-order valence-electron chi connectivity index (χ0n) is 4.64. The van der Waals surface area contributed by atoms with E-state index in [-0.39, 0.29) is 5.70 Å². The summed E-state index contributed by atoms with van der Waals surface area (Å²) in [7, 11) is 0. The van der Waals surface area contributed by atoms with E-state index >= 15 is 0 Å². The average Bonchev–Trinajstić information content (AvgIpc) is 1.67. The van der Waals surface area contributed by atoms with Crippen LogP contribution in [0.25, 0.3) is 0 Å². The van der Waals surface area contributed by atoms with Gasteiger partial charge in [0, 0.05) is 0 Å². The van der Waals surface area contributed by atoms with E-state index in [1.54, 1.807) is 6.92 Å². The zero-order chi connectivity index (χ0) is 6.57. The Labute approximate surface area is 47.7 Å². The highest BCUT2D eigenvalue weighted by Crippen LogP contribution is 1.73. The lowest BCUT2D eigenvalue weighted by atomic mass is 10.4. The molecule has 0 radical (unpaired) electrons. The highest BCUT2D eigenvalue weighted by Gasteiger charge is 1.91. The molecule has 0 unspecified atom stereocenters. The molecule has 0 aromatic heterocycles. The highest BCUT2D eigenvalue weighted by atomic mass is 16.1. The number of nitrogens with two attached hydrogens (primary N) is 2. The predicted octanol–water partition coefficient (Wildman–Crippen LogP) is -0.511. The summed E-state index contributed by atoms with van der Waals surface area (Å²) in [6.07, 6.45) is 1.53. The molecule has 3 nitrogen and oxygen atoms in total. The van der Waals surface area contributed by atoms with Crippen LogP contribution in [0.5, 0.6) is 0 Å². The molecular formula is C5H8N2O. The SMILES string of the molecule is CC=C=C(N)C(N)=O. The van der Waals surface area contributed by atoms with Crippen molar-refractivity contribution in [2.45, 2.75) is 6.92 Å². The normalized spacial score (nSPS) is 7.12. The van der Waals surface area contributed by atoms with Crippen molar-refractivity contribution >= 4 is 5.91 Å². The van der Waals surface area contributed by atoms with Crippen molar-refractivity contribution in [3.05, 3.63) is 17.5 Å². The Bertz CT molecular complexity index is 154. The van der Waals surface area contributed by atoms with Crippen LogP contribution in [-0.2, 0) is 4.79 Å². The van der Waals surface area contributed by atoms with Gasteiger partial charge in [-0.2, -0.15) is 0 Å². The molecule has 0 aliphatic carbocycles. The molecule has 4 N–H and O–H groups in total. The Morgan fingerprint density at radius 2 is 2.12 bits per heavy atom. The third-order valence-corrected chi connectivity index (χ3v) is 0.565. The fourth-order valence-electron chi connectivity index (χ4n) is 0.227. The van der Waals surface area contributed by atoms with Gasteiger partial charge in [0.05, 0.1) is 0 Å². The van der Waals surface area contributed by atoms with Crippen LogP contribution in [0.1, 0.15) is 6.92 Å². The first-order valence-electron chi connectivity index (χ1n) is 2.15. The Morgan fingerprint density at radius 3 is 2.25 bits per heavy atom. The van der Waals surface area contributed by atoms with Crippen LogP contribution < -0.4 is 11.5 Å². The molecule has 0 heterocycles. The molecule has 0 aromatic rings. The molecule has 0 rings (SSSR count). The minimum atomic E-state index is -0.636. The van der Waals surface area contributed by atoms with Gasteiger partial charge in [-0.1, -0.05) is 5.73 Å². The summed E-state index contributed by atoms with van der Waals surface area (Å²) in [5, 5.41) is 0. The van der Waals surface area contributed by atoms with E-state index in [0.29, 0.717) is 0 Å². The Hall–Kier alpha value is -1.21. The maximum Gasteiger partial charge on any atom is 0.272 e. The Kier molecular flexibility index (Phi) is 2.45. The van der Waals surface area contributed by atoms with E-state index < -0.39 is 5.91 Å². The number of carbonyl (C=O) groups is 1. The fourth-order valence-corrected chi connectivity index (χ4v) is 0.227. The van der Waals surface area contributed by atoms with E-state index in [2.05, 4.69) is 5.73 Å². The van der Waals surface area contributed by atoms with Crippen LogP contribution in [0.3, 0.4) is 0 Å². The monoisotopic (exact) mass is 112 g/mol. The molecule has 0 bridgehead atoms. The minimum Gasteiger partial charge on any atom is -0.388 e. The summed E-state index contributed by atoms with van der Waals surface area (Å²) in [4.78, 5) is 10.1. The summed E-state index contributed by atoms with van der Waals surface area (Å²) in [6, 6.07) is 0. The molecule has 1 amide bonds. The first-order valence-corrected chi connectivity index (χ1v) is 2.15. The quantitative estimate of drug-likeness (QED) is 0.354. The first-order chi connectivity index (χ1) is 3.68. The van der Waals surface area contributed by atoms with Gasteiger partial charge in [0.25, 0.3) is 5.91 Å². The second kappa shape index (κ2) is 2.88. The molecule has 0 saturated carbocycles. The predicted molar refractivity (Wildman–Crippen MR) is 30.7 cm³/mol. The summed E-state index contributed by atoms with van der Waals surface area (Å²) in [5.74, 6) is -0.636. The van der Waals surface area contributed by atoms with Crippen LogP contribution in [0.4, 0.5) is 0 Å². The average molecular weight is 112 g/mol. The molecule has 44 valence electrons. The van der Waals surface area contributed by atoms with Gasteiger partial charge in [-0.15, -0.1) is 0 Å². The van der Waals surface area contributed by atoms with Crippen molar-refractivity contribution < 1.29 is 4.79 Å². The van der Waals surface area contributed by atoms with E-state index in [4.69, 9.17) is 11.5 Å². The van der Waals surface area contributed by atoms with Crippen LogP contribution in [0, 0.1) is 0 Å².